The first-order chi connectivity index (χ1) is 9.84. The molecule has 1 nitrogen and oxygen atoms in total. The van der Waals surface area contributed by atoms with Crippen molar-refractivity contribution in [2.75, 3.05) is 6.54 Å². The van der Waals surface area contributed by atoms with Gasteiger partial charge in [-0.05, 0) is 25.8 Å². The van der Waals surface area contributed by atoms with Crippen LogP contribution in [0.3, 0.4) is 0 Å². The molecule has 0 aromatic heterocycles. The summed E-state index contributed by atoms with van der Waals surface area (Å²) in [5, 5.41) is 2.81. The van der Waals surface area contributed by atoms with Gasteiger partial charge in [0, 0.05) is 11.6 Å². The topological polar surface area (TPSA) is 12.0 Å². The molecule has 1 aromatic rings. The molecule has 118 valence electrons. The van der Waals surface area contributed by atoms with E-state index in [0.29, 0.717) is 25.0 Å². The Hall–Kier alpha value is -1.43. The second-order valence-corrected chi connectivity index (χ2v) is 4.80. The Morgan fingerprint density at radius 3 is 1.86 bits per heavy atom. The molecule has 1 atom stereocenters. The largest absolute Gasteiger partial charge is 0.309 e. The Bertz CT molecular complexity index is 498. The van der Waals surface area contributed by atoms with E-state index in [-0.39, 0.29) is 6.42 Å². The fourth-order valence-electron chi connectivity index (χ4n) is 1.96. The second kappa shape index (κ2) is 7.54. The molecule has 0 aliphatic carbocycles. The summed E-state index contributed by atoms with van der Waals surface area (Å²) in [4.78, 5) is 0. The average Bonchev–Trinajstić information content (AvgIpc) is 2.48. The Morgan fingerprint density at radius 2 is 1.43 bits per heavy atom. The molecular weight excluding hydrogens is 289 g/mol. The molecular formula is C15H18F5N. The van der Waals surface area contributed by atoms with Gasteiger partial charge in [-0.15, -0.1) is 0 Å². The molecule has 0 fully saturated rings. The number of hydrogen-bond donors (Lipinski definition) is 1. The van der Waals surface area contributed by atoms with Crippen LogP contribution in [0.1, 0.15) is 44.7 Å². The van der Waals surface area contributed by atoms with Crippen LogP contribution in [0.4, 0.5) is 22.0 Å². The molecule has 0 radical (unpaired) electrons. The maximum absolute atomic E-state index is 13.8. The molecule has 0 saturated carbocycles. The monoisotopic (exact) mass is 307 g/mol. The van der Waals surface area contributed by atoms with Gasteiger partial charge >= 0.3 is 0 Å². The molecule has 0 heterocycles. The van der Waals surface area contributed by atoms with Crippen LogP contribution in [-0.2, 0) is 0 Å². The van der Waals surface area contributed by atoms with E-state index in [1.54, 1.807) is 6.92 Å². The van der Waals surface area contributed by atoms with E-state index in [1.165, 1.54) is 0 Å². The van der Waals surface area contributed by atoms with Gasteiger partial charge in [-0.1, -0.05) is 26.0 Å². The van der Waals surface area contributed by atoms with Crippen molar-refractivity contribution in [3.63, 3.8) is 0 Å². The average molecular weight is 307 g/mol. The smallest absolute Gasteiger partial charge is 0.200 e. The molecule has 1 rings (SSSR count). The first-order valence-electron chi connectivity index (χ1n) is 6.76. The standard InChI is InChI=1S/C15H18F5N/c1-4-6-21-9(7-8(3)5-2)10-11(16)13(18)15(20)14(19)12(10)17/h9,21H,3-7H2,1-2H3. The summed E-state index contributed by atoms with van der Waals surface area (Å²) in [6.07, 6.45) is 1.32. The van der Waals surface area contributed by atoms with E-state index in [4.69, 9.17) is 0 Å². The molecule has 1 N–H and O–H groups in total. The van der Waals surface area contributed by atoms with E-state index in [9.17, 15) is 22.0 Å². The Kier molecular flexibility index (Phi) is 6.33. The van der Waals surface area contributed by atoms with Crippen molar-refractivity contribution in [3.8, 4) is 0 Å². The minimum Gasteiger partial charge on any atom is -0.309 e. The highest BCUT2D eigenvalue weighted by molar-refractivity contribution is 5.28. The zero-order chi connectivity index (χ0) is 16.2. The first kappa shape index (κ1) is 17.6. The van der Waals surface area contributed by atoms with Gasteiger partial charge in [-0.2, -0.15) is 0 Å². The molecule has 0 bridgehead atoms. The molecule has 0 amide bonds. The quantitative estimate of drug-likeness (QED) is 0.331. The summed E-state index contributed by atoms with van der Waals surface area (Å²) in [7, 11) is 0. The Labute approximate surface area is 120 Å². The minimum atomic E-state index is -2.14. The molecule has 6 heteroatoms. The lowest BCUT2D eigenvalue weighted by molar-refractivity contribution is 0.354. The number of nitrogens with one attached hydrogen (secondary N) is 1. The lowest BCUT2D eigenvalue weighted by atomic mass is 9.96. The van der Waals surface area contributed by atoms with Crippen molar-refractivity contribution in [3.05, 3.63) is 46.8 Å². The lowest BCUT2D eigenvalue weighted by Crippen LogP contribution is -2.26. The number of benzene rings is 1. The lowest BCUT2D eigenvalue weighted by Gasteiger charge is -2.21. The fourth-order valence-corrected chi connectivity index (χ4v) is 1.96. The maximum Gasteiger partial charge on any atom is 0.200 e. The van der Waals surface area contributed by atoms with Crippen LogP contribution in [0.5, 0.6) is 0 Å². The molecule has 1 unspecified atom stereocenters. The molecule has 1 aromatic carbocycles. The van der Waals surface area contributed by atoms with Gasteiger partial charge < -0.3 is 5.32 Å². The summed E-state index contributed by atoms with van der Waals surface area (Å²) in [6.45, 7) is 7.75. The van der Waals surface area contributed by atoms with Gasteiger partial charge in [0.2, 0.25) is 5.82 Å². The highest BCUT2D eigenvalue weighted by Gasteiger charge is 2.30. The zero-order valence-corrected chi connectivity index (χ0v) is 12.0. The Balaban J connectivity index is 3.32. The molecule has 0 aliphatic heterocycles. The van der Waals surface area contributed by atoms with Crippen molar-refractivity contribution >= 4 is 0 Å². The summed E-state index contributed by atoms with van der Waals surface area (Å²) in [6, 6.07) is -0.998. The fraction of sp³-hybridized carbons (Fsp3) is 0.467. The molecule has 0 saturated heterocycles. The number of rotatable bonds is 7. The third-order valence-electron chi connectivity index (χ3n) is 3.23. The van der Waals surface area contributed by atoms with Gasteiger partial charge in [0.1, 0.15) is 0 Å². The van der Waals surface area contributed by atoms with Crippen molar-refractivity contribution in [2.45, 2.75) is 39.2 Å². The Morgan fingerprint density at radius 1 is 0.952 bits per heavy atom. The summed E-state index contributed by atoms with van der Waals surface area (Å²) >= 11 is 0. The summed E-state index contributed by atoms with van der Waals surface area (Å²) in [5.74, 6) is -9.56. The highest BCUT2D eigenvalue weighted by atomic mass is 19.2. The highest BCUT2D eigenvalue weighted by Crippen LogP contribution is 2.31. The van der Waals surface area contributed by atoms with Crippen molar-refractivity contribution in [1.29, 1.82) is 0 Å². The number of halogens is 5. The number of hydrogen-bond acceptors (Lipinski definition) is 1. The van der Waals surface area contributed by atoms with E-state index in [1.807, 2.05) is 6.92 Å². The SMILES string of the molecule is C=C(CC)CC(NCCC)c1c(F)c(F)c(F)c(F)c1F. The predicted octanol–water partition coefficient (Wildman–Crippen LogP) is 4.78. The van der Waals surface area contributed by atoms with Gasteiger partial charge in [0.15, 0.2) is 23.3 Å². The summed E-state index contributed by atoms with van der Waals surface area (Å²) < 4.78 is 67.4. The van der Waals surface area contributed by atoms with Gasteiger partial charge in [0.25, 0.3) is 0 Å². The third-order valence-corrected chi connectivity index (χ3v) is 3.23. The molecule has 0 spiro atoms. The van der Waals surface area contributed by atoms with Crippen molar-refractivity contribution < 1.29 is 22.0 Å². The first-order valence-corrected chi connectivity index (χ1v) is 6.76. The minimum absolute atomic E-state index is 0.106. The van der Waals surface area contributed by atoms with E-state index < -0.39 is 40.7 Å². The van der Waals surface area contributed by atoms with Crippen LogP contribution < -0.4 is 5.32 Å². The van der Waals surface area contributed by atoms with Crippen LogP contribution in [0.2, 0.25) is 0 Å². The van der Waals surface area contributed by atoms with Crippen LogP contribution >= 0.6 is 0 Å². The molecule has 21 heavy (non-hydrogen) atoms. The van der Waals surface area contributed by atoms with Crippen LogP contribution in [-0.4, -0.2) is 6.54 Å². The van der Waals surface area contributed by atoms with E-state index in [0.717, 1.165) is 0 Å². The van der Waals surface area contributed by atoms with Gasteiger partial charge in [-0.3, -0.25) is 0 Å². The van der Waals surface area contributed by atoms with Crippen LogP contribution in [0, 0.1) is 29.1 Å². The van der Waals surface area contributed by atoms with E-state index in [2.05, 4.69) is 11.9 Å². The van der Waals surface area contributed by atoms with Crippen molar-refractivity contribution in [1.82, 2.24) is 5.32 Å². The van der Waals surface area contributed by atoms with Gasteiger partial charge in [0.05, 0.1) is 0 Å². The summed E-state index contributed by atoms with van der Waals surface area (Å²) in [5.41, 5.74) is -0.165. The third kappa shape index (κ3) is 3.81. The normalized spacial score (nSPS) is 12.5. The molecule has 0 aliphatic rings. The van der Waals surface area contributed by atoms with Gasteiger partial charge in [-0.25, -0.2) is 22.0 Å². The van der Waals surface area contributed by atoms with E-state index >= 15 is 0 Å². The predicted molar refractivity (Wildman–Crippen MR) is 71.3 cm³/mol. The van der Waals surface area contributed by atoms with Crippen molar-refractivity contribution in [2.24, 2.45) is 0 Å². The zero-order valence-electron chi connectivity index (χ0n) is 12.0. The maximum atomic E-state index is 13.8. The van der Waals surface area contributed by atoms with Crippen LogP contribution in [0.25, 0.3) is 0 Å². The van der Waals surface area contributed by atoms with Crippen LogP contribution in [0.15, 0.2) is 12.2 Å². The second-order valence-electron chi connectivity index (χ2n) is 4.80.